The number of carbonyl (C=O) groups is 1. The summed E-state index contributed by atoms with van der Waals surface area (Å²) in [6.45, 7) is 1.77. The van der Waals surface area contributed by atoms with Crippen molar-refractivity contribution in [3.8, 4) is 11.3 Å². The number of amides is 1. The first-order chi connectivity index (χ1) is 10.6. The van der Waals surface area contributed by atoms with Crippen LogP contribution in [0.2, 0.25) is 5.02 Å². The fourth-order valence-corrected chi connectivity index (χ4v) is 2.06. The Bertz CT molecular complexity index is 792. The fourth-order valence-electron chi connectivity index (χ4n) is 1.94. The first-order valence-electron chi connectivity index (χ1n) is 6.55. The van der Waals surface area contributed by atoms with Gasteiger partial charge in [-0.05, 0) is 19.1 Å². The third kappa shape index (κ3) is 3.35. The highest BCUT2D eigenvalue weighted by Crippen LogP contribution is 2.23. The smallest absolute Gasteiger partial charge is 0.232 e. The summed E-state index contributed by atoms with van der Waals surface area (Å²) in [5, 5.41) is 10.9. The number of hydrogen-bond donors (Lipinski definition) is 1. The second-order valence-corrected chi connectivity index (χ2v) is 5.17. The molecule has 0 aliphatic carbocycles. The van der Waals surface area contributed by atoms with Gasteiger partial charge in [-0.15, -0.1) is 0 Å². The molecule has 0 bridgehead atoms. The first kappa shape index (κ1) is 14.3. The number of aryl methyl sites for hydroxylation is 1. The highest BCUT2D eigenvalue weighted by Gasteiger charge is 2.12. The molecule has 1 N–H and O–H groups in total. The van der Waals surface area contributed by atoms with Crippen molar-refractivity contribution in [1.29, 1.82) is 0 Å². The minimum atomic E-state index is -0.257. The van der Waals surface area contributed by atoms with Crippen LogP contribution in [0.1, 0.15) is 11.5 Å². The Kier molecular flexibility index (Phi) is 3.93. The molecular formula is C15H12ClN3O3. The summed E-state index contributed by atoms with van der Waals surface area (Å²) in [6.07, 6.45) is 0.105. The molecule has 0 fully saturated rings. The third-order valence-electron chi connectivity index (χ3n) is 2.93. The second-order valence-electron chi connectivity index (χ2n) is 4.74. The molecule has 3 rings (SSSR count). The summed E-state index contributed by atoms with van der Waals surface area (Å²) in [4.78, 5) is 11.9. The Balaban J connectivity index is 1.66. The van der Waals surface area contributed by atoms with Crippen LogP contribution < -0.4 is 5.32 Å². The van der Waals surface area contributed by atoms with Crippen LogP contribution in [0.4, 0.5) is 5.88 Å². The van der Waals surface area contributed by atoms with Crippen LogP contribution in [-0.2, 0) is 11.2 Å². The van der Waals surface area contributed by atoms with Crippen LogP contribution in [-0.4, -0.2) is 16.2 Å². The second kappa shape index (κ2) is 6.03. The molecule has 2 heterocycles. The van der Waals surface area contributed by atoms with E-state index in [0.29, 0.717) is 22.2 Å². The number of hydrogen-bond acceptors (Lipinski definition) is 5. The lowest BCUT2D eigenvalue weighted by atomic mass is 10.1. The monoisotopic (exact) mass is 317 g/mol. The van der Waals surface area contributed by atoms with Crippen molar-refractivity contribution < 1.29 is 13.8 Å². The molecule has 7 heteroatoms. The Labute approximate surface area is 131 Å². The average molecular weight is 318 g/mol. The van der Waals surface area contributed by atoms with Crippen LogP contribution >= 0.6 is 11.6 Å². The van der Waals surface area contributed by atoms with Gasteiger partial charge in [0, 0.05) is 22.7 Å². The molecular weight excluding hydrogens is 306 g/mol. The molecule has 0 unspecified atom stereocenters. The quantitative estimate of drug-likeness (QED) is 0.796. The molecule has 112 valence electrons. The van der Waals surface area contributed by atoms with E-state index >= 15 is 0 Å². The number of nitrogens with one attached hydrogen (secondary N) is 1. The lowest BCUT2D eigenvalue weighted by molar-refractivity contribution is -0.115. The molecule has 0 aliphatic rings. The van der Waals surface area contributed by atoms with E-state index in [2.05, 4.69) is 15.6 Å². The van der Waals surface area contributed by atoms with Gasteiger partial charge in [0.25, 0.3) is 0 Å². The minimum Gasteiger partial charge on any atom is -0.361 e. The molecule has 3 aromatic rings. The van der Waals surface area contributed by atoms with Crippen molar-refractivity contribution in [1.82, 2.24) is 10.3 Å². The summed E-state index contributed by atoms with van der Waals surface area (Å²) in [5.74, 6) is 0.676. The van der Waals surface area contributed by atoms with Crippen LogP contribution in [0.3, 0.4) is 0 Å². The highest BCUT2D eigenvalue weighted by molar-refractivity contribution is 6.30. The van der Waals surface area contributed by atoms with Gasteiger partial charge in [-0.3, -0.25) is 10.1 Å². The zero-order chi connectivity index (χ0) is 15.5. The maximum absolute atomic E-state index is 11.9. The van der Waals surface area contributed by atoms with Crippen LogP contribution in [0.5, 0.6) is 0 Å². The van der Waals surface area contributed by atoms with Crippen molar-refractivity contribution in [2.24, 2.45) is 0 Å². The number of aromatic nitrogens is 2. The Morgan fingerprint density at radius 3 is 2.64 bits per heavy atom. The lowest BCUT2D eigenvalue weighted by Gasteiger charge is -1.97. The highest BCUT2D eigenvalue weighted by atomic mass is 35.5. The Morgan fingerprint density at radius 2 is 1.95 bits per heavy atom. The minimum absolute atomic E-state index is 0.105. The predicted octanol–water partition coefficient (Wildman–Crippen LogP) is 3.47. The molecule has 0 saturated carbocycles. The summed E-state index contributed by atoms with van der Waals surface area (Å²) < 4.78 is 10.0. The molecule has 0 atom stereocenters. The van der Waals surface area contributed by atoms with Gasteiger partial charge in [0.1, 0.15) is 11.5 Å². The fraction of sp³-hybridized carbons (Fsp3) is 0.133. The van der Waals surface area contributed by atoms with Crippen molar-refractivity contribution in [2.45, 2.75) is 13.3 Å². The molecule has 0 radical (unpaired) electrons. The van der Waals surface area contributed by atoms with E-state index < -0.39 is 0 Å². The summed E-state index contributed by atoms with van der Waals surface area (Å²) in [5.41, 5.74) is 2.03. The molecule has 22 heavy (non-hydrogen) atoms. The van der Waals surface area contributed by atoms with Crippen LogP contribution in [0, 0.1) is 6.92 Å². The van der Waals surface area contributed by atoms with Gasteiger partial charge in [0.2, 0.25) is 11.8 Å². The number of anilines is 1. The Morgan fingerprint density at radius 1 is 1.18 bits per heavy atom. The van der Waals surface area contributed by atoms with E-state index in [1.54, 1.807) is 31.2 Å². The molecule has 0 spiro atoms. The maximum atomic E-state index is 11.9. The number of halogens is 1. The van der Waals surface area contributed by atoms with Gasteiger partial charge in [0.15, 0.2) is 0 Å². The predicted molar refractivity (Wildman–Crippen MR) is 80.5 cm³/mol. The van der Waals surface area contributed by atoms with Gasteiger partial charge in [0.05, 0.1) is 12.1 Å². The van der Waals surface area contributed by atoms with E-state index in [9.17, 15) is 4.79 Å². The van der Waals surface area contributed by atoms with Crippen LogP contribution in [0.25, 0.3) is 11.3 Å². The molecule has 6 nitrogen and oxygen atoms in total. The number of carbonyl (C=O) groups excluding carboxylic acids is 1. The summed E-state index contributed by atoms with van der Waals surface area (Å²) >= 11 is 5.84. The summed E-state index contributed by atoms with van der Waals surface area (Å²) in [6, 6.07) is 10.5. The van der Waals surface area contributed by atoms with Gasteiger partial charge in [-0.1, -0.05) is 34.0 Å². The number of benzene rings is 1. The van der Waals surface area contributed by atoms with Crippen molar-refractivity contribution >= 4 is 23.4 Å². The topological polar surface area (TPSA) is 81.2 Å². The van der Waals surface area contributed by atoms with Gasteiger partial charge in [-0.2, -0.15) is 0 Å². The van der Waals surface area contributed by atoms with Crippen molar-refractivity contribution in [3.63, 3.8) is 0 Å². The Hall–Kier alpha value is -2.60. The standard InChI is InChI=1S/C15H12ClN3O3/c1-9-6-12(18-21-9)7-14(20)17-15-8-13(19-22-15)10-2-4-11(16)5-3-10/h2-6,8H,7H2,1H3,(H,17,20). The van der Waals surface area contributed by atoms with Gasteiger partial charge < -0.3 is 9.05 Å². The molecule has 1 aromatic carbocycles. The first-order valence-corrected chi connectivity index (χ1v) is 6.92. The van der Waals surface area contributed by atoms with E-state index in [4.69, 9.17) is 20.6 Å². The van der Waals surface area contributed by atoms with Gasteiger partial charge in [-0.25, -0.2) is 0 Å². The largest absolute Gasteiger partial charge is 0.361 e. The van der Waals surface area contributed by atoms with E-state index in [-0.39, 0.29) is 18.2 Å². The molecule has 0 aliphatic heterocycles. The third-order valence-corrected chi connectivity index (χ3v) is 3.18. The zero-order valence-electron chi connectivity index (χ0n) is 11.7. The van der Waals surface area contributed by atoms with E-state index in [0.717, 1.165) is 5.56 Å². The number of nitrogens with zero attached hydrogens (tertiary/aromatic N) is 2. The van der Waals surface area contributed by atoms with Gasteiger partial charge >= 0.3 is 0 Å². The van der Waals surface area contributed by atoms with Crippen LogP contribution in [0.15, 0.2) is 45.4 Å². The molecule has 2 aromatic heterocycles. The number of rotatable bonds is 4. The summed E-state index contributed by atoms with van der Waals surface area (Å²) in [7, 11) is 0. The van der Waals surface area contributed by atoms with E-state index in [1.807, 2.05) is 12.1 Å². The lowest BCUT2D eigenvalue weighted by Crippen LogP contribution is -2.13. The average Bonchev–Trinajstić information content (AvgIpc) is 3.09. The zero-order valence-corrected chi connectivity index (χ0v) is 12.4. The normalized spacial score (nSPS) is 10.6. The van der Waals surface area contributed by atoms with Crippen molar-refractivity contribution in [3.05, 3.63) is 52.9 Å². The SMILES string of the molecule is Cc1cc(CC(=O)Nc2cc(-c3ccc(Cl)cc3)no2)no1. The maximum Gasteiger partial charge on any atom is 0.232 e. The molecule has 1 amide bonds. The van der Waals surface area contributed by atoms with Crippen molar-refractivity contribution in [2.75, 3.05) is 5.32 Å². The molecule has 0 saturated heterocycles. The van der Waals surface area contributed by atoms with E-state index in [1.165, 1.54) is 0 Å².